The lowest BCUT2D eigenvalue weighted by Gasteiger charge is -2.22. The van der Waals surface area contributed by atoms with Crippen LogP contribution in [0.3, 0.4) is 0 Å². The molecular formula is C15H24FN3O. The molecule has 1 aromatic rings. The van der Waals surface area contributed by atoms with Crippen LogP contribution >= 0.6 is 0 Å². The molecule has 1 fully saturated rings. The summed E-state index contributed by atoms with van der Waals surface area (Å²) in [5.41, 5.74) is 0.542. The highest BCUT2D eigenvalue weighted by Gasteiger charge is 2.21. The number of pyridine rings is 1. The Labute approximate surface area is 120 Å². The van der Waals surface area contributed by atoms with Crippen molar-refractivity contribution in [1.29, 1.82) is 0 Å². The van der Waals surface area contributed by atoms with Gasteiger partial charge in [-0.25, -0.2) is 4.39 Å². The molecule has 0 bridgehead atoms. The van der Waals surface area contributed by atoms with Gasteiger partial charge in [-0.2, -0.15) is 0 Å². The zero-order valence-electron chi connectivity index (χ0n) is 12.3. The smallest absolute Gasteiger partial charge is 0.141 e. The minimum atomic E-state index is -0.621. The van der Waals surface area contributed by atoms with Gasteiger partial charge in [0.2, 0.25) is 0 Å². The zero-order chi connectivity index (χ0) is 14.5. The van der Waals surface area contributed by atoms with Crippen molar-refractivity contribution in [3.05, 3.63) is 29.8 Å². The van der Waals surface area contributed by atoms with E-state index in [1.807, 2.05) is 0 Å². The van der Waals surface area contributed by atoms with Crippen molar-refractivity contribution >= 4 is 0 Å². The van der Waals surface area contributed by atoms with E-state index < -0.39 is 6.10 Å². The van der Waals surface area contributed by atoms with E-state index in [0.717, 1.165) is 31.7 Å². The number of hydrogen-bond donors (Lipinski definition) is 1. The Balaban J connectivity index is 1.72. The predicted molar refractivity (Wildman–Crippen MR) is 76.9 cm³/mol. The summed E-state index contributed by atoms with van der Waals surface area (Å²) < 4.78 is 12.8. The van der Waals surface area contributed by atoms with Crippen LogP contribution in [0.5, 0.6) is 0 Å². The quantitative estimate of drug-likeness (QED) is 0.858. The Morgan fingerprint density at radius 1 is 1.55 bits per heavy atom. The number of aromatic nitrogens is 1. The second-order valence-electron chi connectivity index (χ2n) is 5.88. The molecule has 1 aliphatic rings. The van der Waals surface area contributed by atoms with Crippen molar-refractivity contribution in [2.24, 2.45) is 5.92 Å². The lowest BCUT2D eigenvalue weighted by molar-refractivity contribution is 0.140. The summed E-state index contributed by atoms with van der Waals surface area (Å²) in [4.78, 5) is 8.54. The number of rotatable bonds is 6. The second kappa shape index (κ2) is 7.11. The van der Waals surface area contributed by atoms with Crippen LogP contribution in [0.4, 0.5) is 4.39 Å². The van der Waals surface area contributed by atoms with Crippen LogP contribution in [0.25, 0.3) is 0 Å². The molecule has 1 N–H and O–H groups in total. The van der Waals surface area contributed by atoms with Crippen LogP contribution in [0.1, 0.15) is 24.6 Å². The van der Waals surface area contributed by atoms with Crippen molar-refractivity contribution < 1.29 is 9.50 Å². The molecule has 0 saturated carbocycles. The van der Waals surface area contributed by atoms with Gasteiger partial charge < -0.3 is 14.9 Å². The van der Waals surface area contributed by atoms with Gasteiger partial charge in [0.25, 0.3) is 0 Å². The summed E-state index contributed by atoms with van der Waals surface area (Å²) in [6, 6.07) is 2.88. The molecule has 1 aromatic heterocycles. The first-order valence-electron chi connectivity index (χ1n) is 7.21. The monoisotopic (exact) mass is 281 g/mol. The summed E-state index contributed by atoms with van der Waals surface area (Å²) in [6.45, 7) is 4.22. The number of aliphatic hydroxyl groups excluding tert-OH is 1. The fourth-order valence-corrected chi connectivity index (χ4v) is 2.78. The van der Waals surface area contributed by atoms with E-state index in [1.54, 1.807) is 6.07 Å². The van der Waals surface area contributed by atoms with Gasteiger partial charge in [-0.3, -0.25) is 4.98 Å². The number of likely N-dealkylation sites (tertiary alicyclic amines) is 1. The SMILES string of the molecule is CN1CCC(CN(C)CCC(O)c2ccc(F)cn2)C1. The fourth-order valence-electron chi connectivity index (χ4n) is 2.78. The van der Waals surface area contributed by atoms with Crippen LogP contribution < -0.4 is 0 Å². The first kappa shape index (κ1) is 15.4. The zero-order valence-corrected chi connectivity index (χ0v) is 12.3. The summed E-state index contributed by atoms with van der Waals surface area (Å²) in [6.07, 6.45) is 2.40. The van der Waals surface area contributed by atoms with Crippen LogP contribution in [0.15, 0.2) is 18.3 Å². The Morgan fingerprint density at radius 3 is 2.95 bits per heavy atom. The maximum atomic E-state index is 12.8. The van der Waals surface area contributed by atoms with E-state index >= 15 is 0 Å². The number of hydrogen-bond acceptors (Lipinski definition) is 4. The molecule has 5 heteroatoms. The van der Waals surface area contributed by atoms with Crippen LogP contribution in [-0.2, 0) is 0 Å². The predicted octanol–water partition coefficient (Wildman–Crippen LogP) is 1.53. The van der Waals surface area contributed by atoms with Gasteiger partial charge >= 0.3 is 0 Å². The summed E-state index contributed by atoms with van der Waals surface area (Å²) >= 11 is 0. The molecule has 1 aliphatic heterocycles. The normalized spacial score (nSPS) is 21.6. The van der Waals surface area contributed by atoms with Crippen LogP contribution in [0, 0.1) is 11.7 Å². The van der Waals surface area contributed by atoms with E-state index in [-0.39, 0.29) is 5.82 Å². The van der Waals surface area contributed by atoms with Crippen molar-refractivity contribution in [2.45, 2.75) is 18.9 Å². The molecule has 112 valence electrons. The summed E-state index contributed by atoms with van der Waals surface area (Å²) in [5.74, 6) is 0.356. The Morgan fingerprint density at radius 2 is 2.35 bits per heavy atom. The lowest BCUT2D eigenvalue weighted by atomic mass is 10.1. The largest absolute Gasteiger partial charge is 0.387 e. The third-order valence-corrected chi connectivity index (χ3v) is 3.93. The molecule has 0 amide bonds. The molecule has 0 radical (unpaired) electrons. The number of aliphatic hydroxyl groups is 1. The van der Waals surface area contributed by atoms with Gasteiger partial charge in [-0.05, 0) is 51.5 Å². The molecule has 0 aliphatic carbocycles. The molecule has 20 heavy (non-hydrogen) atoms. The van der Waals surface area contributed by atoms with Gasteiger partial charge in [0.15, 0.2) is 0 Å². The second-order valence-corrected chi connectivity index (χ2v) is 5.88. The molecule has 2 heterocycles. The molecule has 2 unspecified atom stereocenters. The Bertz CT molecular complexity index is 412. The van der Waals surface area contributed by atoms with Crippen molar-refractivity contribution in [2.75, 3.05) is 40.3 Å². The molecule has 4 nitrogen and oxygen atoms in total. The van der Waals surface area contributed by atoms with Gasteiger partial charge in [0.05, 0.1) is 18.0 Å². The van der Waals surface area contributed by atoms with Crippen molar-refractivity contribution in [3.63, 3.8) is 0 Å². The number of nitrogens with zero attached hydrogens (tertiary/aromatic N) is 3. The maximum absolute atomic E-state index is 12.8. The summed E-state index contributed by atoms with van der Waals surface area (Å²) in [7, 11) is 4.24. The molecule has 2 atom stereocenters. The van der Waals surface area contributed by atoms with Gasteiger partial charge in [-0.1, -0.05) is 0 Å². The number of halogens is 1. The molecule has 0 spiro atoms. The van der Waals surface area contributed by atoms with E-state index in [9.17, 15) is 9.50 Å². The Hall–Kier alpha value is -1.04. The van der Waals surface area contributed by atoms with Crippen LogP contribution in [0.2, 0.25) is 0 Å². The van der Waals surface area contributed by atoms with Gasteiger partial charge in [0, 0.05) is 19.6 Å². The lowest BCUT2D eigenvalue weighted by Crippen LogP contribution is -2.29. The van der Waals surface area contributed by atoms with Crippen molar-refractivity contribution in [1.82, 2.24) is 14.8 Å². The average molecular weight is 281 g/mol. The highest BCUT2D eigenvalue weighted by molar-refractivity contribution is 5.07. The van der Waals surface area contributed by atoms with E-state index in [4.69, 9.17) is 0 Å². The summed E-state index contributed by atoms with van der Waals surface area (Å²) in [5, 5.41) is 10.0. The van der Waals surface area contributed by atoms with Gasteiger partial charge in [-0.15, -0.1) is 0 Å². The molecular weight excluding hydrogens is 257 g/mol. The van der Waals surface area contributed by atoms with Crippen molar-refractivity contribution in [3.8, 4) is 0 Å². The Kier molecular flexibility index (Phi) is 5.46. The van der Waals surface area contributed by atoms with Gasteiger partial charge in [0.1, 0.15) is 5.82 Å². The first-order valence-corrected chi connectivity index (χ1v) is 7.21. The third kappa shape index (κ3) is 4.51. The maximum Gasteiger partial charge on any atom is 0.141 e. The highest BCUT2D eigenvalue weighted by atomic mass is 19.1. The minimum Gasteiger partial charge on any atom is -0.387 e. The third-order valence-electron chi connectivity index (χ3n) is 3.93. The van der Waals surface area contributed by atoms with Crippen LogP contribution in [-0.4, -0.2) is 60.2 Å². The average Bonchev–Trinajstić information content (AvgIpc) is 2.82. The van der Waals surface area contributed by atoms with E-state index in [0.29, 0.717) is 12.1 Å². The topological polar surface area (TPSA) is 39.6 Å². The van der Waals surface area contributed by atoms with E-state index in [2.05, 4.69) is 28.9 Å². The van der Waals surface area contributed by atoms with E-state index in [1.165, 1.54) is 19.0 Å². The first-order chi connectivity index (χ1) is 9.54. The fraction of sp³-hybridized carbons (Fsp3) is 0.667. The minimum absolute atomic E-state index is 0.372. The standard InChI is InChI=1S/C15H24FN3O/c1-18-7-5-12(10-18)11-19(2)8-6-15(20)14-4-3-13(16)9-17-14/h3-4,9,12,15,20H,5-8,10-11H2,1-2H3. The molecule has 2 rings (SSSR count). The molecule has 1 saturated heterocycles. The highest BCUT2D eigenvalue weighted by Crippen LogP contribution is 2.17. The molecule has 0 aromatic carbocycles.